The highest BCUT2D eigenvalue weighted by atomic mass is 16.2. The summed E-state index contributed by atoms with van der Waals surface area (Å²) in [6.07, 6.45) is 0. The monoisotopic (exact) mass is 408 g/mol. The summed E-state index contributed by atoms with van der Waals surface area (Å²) in [5, 5.41) is 5.64. The summed E-state index contributed by atoms with van der Waals surface area (Å²) in [4.78, 5) is 29.1. The van der Waals surface area contributed by atoms with Crippen molar-refractivity contribution in [2.45, 2.75) is 27.3 Å². The number of piperazine rings is 1. The molecule has 0 atom stereocenters. The highest BCUT2D eigenvalue weighted by molar-refractivity contribution is 5.95. The molecule has 160 valence electrons. The first-order valence-corrected chi connectivity index (χ1v) is 10.5. The number of rotatable bonds is 7. The average Bonchev–Trinajstić information content (AvgIpc) is 2.72. The standard InChI is InChI=1S/C24H32N4O2/c1-18-7-4-5-10-21(18)16-27-11-13-28(14-12-27)17-23(30)25-15-22(29)26-24-19(2)8-6-9-20(24)3/h4-10H,11-17H2,1-3H3,(H,25,30)(H,26,29). The third-order valence-corrected chi connectivity index (χ3v) is 5.68. The molecule has 0 unspecified atom stereocenters. The molecule has 0 saturated carbocycles. The van der Waals surface area contributed by atoms with Crippen LogP contribution < -0.4 is 10.6 Å². The van der Waals surface area contributed by atoms with Crippen LogP contribution in [0.25, 0.3) is 0 Å². The van der Waals surface area contributed by atoms with E-state index >= 15 is 0 Å². The van der Waals surface area contributed by atoms with Gasteiger partial charge in [-0.25, -0.2) is 0 Å². The number of anilines is 1. The van der Waals surface area contributed by atoms with Crippen LogP contribution in [0.15, 0.2) is 42.5 Å². The maximum Gasteiger partial charge on any atom is 0.243 e. The summed E-state index contributed by atoms with van der Waals surface area (Å²) in [5.41, 5.74) is 5.52. The Morgan fingerprint density at radius 2 is 1.40 bits per heavy atom. The Labute approximate surface area is 179 Å². The van der Waals surface area contributed by atoms with E-state index in [0.717, 1.165) is 49.5 Å². The van der Waals surface area contributed by atoms with Gasteiger partial charge in [0.25, 0.3) is 0 Å². The van der Waals surface area contributed by atoms with Crippen LogP contribution in [0.3, 0.4) is 0 Å². The summed E-state index contributed by atoms with van der Waals surface area (Å²) in [6, 6.07) is 14.4. The first kappa shape index (κ1) is 22.0. The Hall–Kier alpha value is -2.70. The molecule has 0 aromatic heterocycles. The van der Waals surface area contributed by atoms with Gasteiger partial charge in [-0.2, -0.15) is 0 Å². The zero-order valence-electron chi connectivity index (χ0n) is 18.2. The van der Waals surface area contributed by atoms with Crippen molar-refractivity contribution in [2.24, 2.45) is 0 Å². The number of nitrogens with one attached hydrogen (secondary N) is 2. The number of carbonyl (C=O) groups is 2. The van der Waals surface area contributed by atoms with Gasteiger partial charge in [0.2, 0.25) is 11.8 Å². The Morgan fingerprint density at radius 1 is 0.800 bits per heavy atom. The lowest BCUT2D eigenvalue weighted by molar-refractivity contribution is -0.125. The van der Waals surface area contributed by atoms with Crippen LogP contribution in [0.4, 0.5) is 5.69 Å². The largest absolute Gasteiger partial charge is 0.346 e. The Balaban J connectivity index is 1.38. The molecule has 1 aliphatic rings. The lowest BCUT2D eigenvalue weighted by Crippen LogP contribution is -2.49. The zero-order chi connectivity index (χ0) is 21.5. The van der Waals surface area contributed by atoms with Crippen LogP contribution in [-0.4, -0.2) is 60.9 Å². The quantitative estimate of drug-likeness (QED) is 0.739. The molecule has 1 heterocycles. The van der Waals surface area contributed by atoms with E-state index in [0.29, 0.717) is 6.54 Å². The molecule has 0 spiro atoms. The van der Waals surface area contributed by atoms with Gasteiger partial charge in [0.05, 0.1) is 13.1 Å². The van der Waals surface area contributed by atoms with E-state index in [1.165, 1.54) is 11.1 Å². The molecule has 1 fully saturated rings. The van der Waals surface area contributed by atoms with E-state index < -0.39 is 0 Å². The fourth-order valence-corrected chi connectivity index (χ4v) is 3.77. The van der Waals surface area contributed by atoms with Gasteiger partial charge >= 0.3 is 0 Å². The second-order valence-corrected chi connectivity index (χ2v) is 8.07. The number of hydrogen-bond acceptors (Lipinski definition) is 4. The van der Waals surface area contributed by atoms with E-state index in [-0.39, 0.29) is 18.4 Å². The predicted octanol–water partition coefficient (Wildman–Crippen LogP) is 2.48. The van der Waals surface area contributed by atoms with Crippen LogP contribution in [0.1, 0.15) is 22.3 Å². The van der Waals surface area contributed by atoms with Crippen molar-refractivity contribution in [3.8, 4) is 0 Å². The number of amides is 2. The van der Waals surface area contributed by atoms with E-state index in [4.69, 9.17) is 0 Å². The fourth-order valence-electron chi connectivity index (χ4n) is 3.77. The van der Waals surface area contributed by atoms with Gasteiger partial charge in [0.1, 0.15) is 0 Å². The molecule has 6 heteroatoms. The van der Waals surface area contributed by atoms with Gasteiger partial charge < -0.3 is 10.6 Å². The van der Waals surface area contributed by atoms with Crippen LogP contribution in [-0.2, 0) is 16.1 Å². The molecule has 30 heavy (non-hydrogen) atoms. The molecule has 0 aliphatic carbocycles. The molecule has 2 amide bonds. The Morgan fingerprint density at radius 3 is 2.07 bits per heavy atom. The van der Waals surface area contributed by atoms with Crippen LogP contribution in [0.2, 0.25) is 0 Å². The molecule has 0 bridgehead atoms. The van der Waals surface area contributed by atoms with Crippen molar-refractivity contribution in [1.29, 1.82) is 0 Å². The normalized spacial score (nSPS) is 15.0. The maximum atomic E-state index is 12.3. The average molecular weight is 409 g/mol. The lowest BCUT2D eigenvalue weighted by Gasteiger charge is -2.34. The molecular weight excluding hydrogens is 376 g/mol. The van der Waals surface area contributed by atoms with Crippen molar-refractivity contribution < 1.29 is 9.59 Å². The van der Waals surface area contributed by atoms with Crippen molar-refractivity contribution in [1.82, 2.24) is 15.1 Å². The number of benzene rings is 2. The van der Waals surface area contributed by atoms with Gasteiger partial charge in [-0.3, -0.25) is 19.4 Å². The summed E-state index contributed by atoms with van der Waals surface area (Å²) >= 11 is 0. The number of hydrogen-bond donors (Lipinski definition) is 2. The van der Waals surface area contributed by atoms with Crippen molar-refractivity contribution >= 4 is 17.5 Å². The van der Waals surface area contributed by atoms with Crippen molar-refractivity contribution in [3.63, 3.8) is 0 Å². The van der Waals surface area contributed by atoms with Crippen LogP contribution in [0, 0.1) is 20.8 Å². The molecule has 6 nitrogen and oxygen atoms in total. The second kappa shape index (κ2) is 10.4. The van der Waals surface area contributed by atoms with E-state index in [1.807, 2.05) is 32.0 Å². The molecule has 3 rings (SSSR count). The topological polar surface area (TPSA) is 64.7 Å². The van der Waals surface area contributed by atoms with Crippen molar-refractivity contribution in [3.05, 3.63) is 64.7 Å². The zero-order valence-corrected chi connectivity index (χ0v) is 18.2. The molecule has 2 aromatic carbocycles. The van der Waals surface area contributed by atoms with Gasteiger partial charge in [0, 0.05) is 38.4 Å². The minimum absolute atomic E-state index is 0.0140. The van der Waals surface area contributed by atoms with Crippen molar-refractivity contribution in [2.75, 3.05) is 44.6 Å². The van der Waals surface area contributed by atoms with E-state index in [1.54, 1.807) is 0 Å². The minimum atomic E-state index is -0.205. The third kappa shape index (κ3) is 6.15. The molecular formula is C24H32N4O2. The first-order chi connectivity index (χ1) is 14.4. The van der Waals surface area contributed by atoms with Gasteiger partial charge in [-0.1, -0.05) is 42.5 Å². The van der Waals surface area contributed by atoms with E-state index in [9.17, 15) is 9.59 Å². The molecule has 0 radical (unpaired) electrons. The molecule has 2 N–H and O–H groups in total. The maximum absolute atomic E-state index is 12.3. The fraction of sp³-hybridized carbons (Fsp3) is 0.417. The molecule has 1 saturated heterocycles. The van der Waals surface area contributed by atoms with E-state index in [2.05, 4.69) is 51.6 Å². The third-order valence-electron chi connectivity index (χ3n) is 5.68. The molecule has 2 aromatic rings. The van der Waals surface area contributed by atoms with Crippen LogP contribution >= 0.6 is 0 Å². The van der Waals surface area contributed by atoms with Gasteiger partial charge in [0.15, 0.2) is 0 Å². The van der Waals surface area contributed by atoms with Gasteiger partial charge in [-0.05, 0) is 43.0 Å². The SMILES string of the molecule is Cc1ccccc1CN1CCN(CC(=O)NCC(=O)Nc2c(C)cccc2C)CC1. The first-order valence-electron chi connectivity index (χ1n) is 10.5. The predicted molar refractivity (Wildman–Crippen MR) is 120 cm³/mol. The number of aryl methyl sites for hydroxylation is 3. The summed E-state index contributed by atoms with van der Waals surface area (Å²) in [6.45, 7) is 10.9. The summed E-state index contributed by atoms with van der Waals surface area (Å²) in [7, 11) is 0. The highest BCUT2D eigenvalue weighted by Crippen LogP contribution is 2.19. The minimum Gasteiger partial charge on any atom is -0.346 e. The number of carbonyl (C=O) groups excluding carboxylic acids is 2. The molecule has 1 aliphatic heterocycles. The second-order valence-electron chi connectivity index (χ2n) is 8.07. The lowest BCUT2D eigenvalue weighted by atomic mass is 10.1. The Bertz CT molecular complexity index is 868. The van der Waals surface area contributed by atoms with Crippen LogP contribution in [0.5, 0.6) is 0 Å². The smallest absolute Gasteiger partial charge is 0.243 e. The number of nitrogens with zero attached hydrogens (tertiary/aromatic N) is 2. The highest BCUT2D eigenvalue weighted by Gasteiger charge is 2.19. The number of para-hydroxylation sites is 1. The van der Waals surface area contributed by atoms with Gasteiger partial charge in [-0.15, -0.1) is 0 Å². The summed E-state index contributed by atoms with van der Waals surface area (Å²) in [5.74, 6) is -0.317. The summed E-state index contributed by atoms with van der Waals surface area (Å²) < 4.78 is 0. The Kier molecular flexibility index (Phi) is 7.60.